The van der Waals surface area contributed by atoms with E-state index >= 15 is 0 Å². The maximum atomic E-state index is 12.6. The second-order valence-electron chi connectivity index (χ2n) is 10.6. The molecule has 1 atom stereocenters. The Labute approximate surface area is 242 Å². The van der Waals surface area contributed by atoms with E-state index in [9.17, 15) is 20.1 Å². The van der Waals surface area contributed by atoms with Gasteiger partial charge in [-0.3, -0.25) is 4.79 Å². The van der Waals surface area contributed by atoms with E-state index in [1.54, 1.807) is 12.1 Å². The Bertz CT molecular complexity index is 1230. The fourth-order valence-corrected chi connectivity index (χ4v) is 5.01. The highest BCUT2D eigenvalue weighted by atomic mass is 16.5. The van der Waals surface area contributed by atoms with Gasteiger partial charge < -0.3 is 35.4 Å². The van der Waals surface area contributed by atoms with Gasteiger partial charge in [-0.1, -0.05) is 49.6 Å². The fraction of sp³-hybridized carbons (Fsp3) is 0.424. The lowest BCUT2D eigenvalue weighted by molar-refractivity contribution is 0.0884. The van der Waals surface area contributed by atoms with Gasteiger partial charge in [0.05, 0.1) is 25.9 Å². The first-order valence-corrected chi connectivity index (χ1v) is 14.5. The molecule has 0 aliphatic heterocycles. The number of aliphatic hydroxyl groups is 2. The molecule has 3 aromatic rings. The number of rotatable bonds is 15. The molecule has 3 aromatic carbocycles. The van der Waals surface area contributed by atoms with Crippen molar-refractivity contribution in [2.24, 2.45) is 0 Å². The zero-order valence-electron chi connectivity index (χ0n) is 23.6. The van der Waals surface area contributed by atoms with Crippen molar-refractivity contribution in [3.05, 3.63) is 94.5 Å². The highest BCUT2D eigenvalue weighted by Gasteiger charge is 2.17. The first kappa shape index (κ1) is 30.5. The van der Waals surface area contributed by atoms with Crippen LogP contribution in [0.5, 0.6) is 11.5 Å². The topological polar surface area (TPSA) is 120 Å². The maximum absolute atomic E-state index is 12.6. The number of carbonyl (C=O) groups excluding carboxylic acids is 1. The SMILES string of the molecule is O=C(NC1CCCCC1)c1cccc(COCCOc2ccc(CCNCC(O)c3ccc(O)c(CO)c3)cc2)c1. The molecule has 220 valence electrons. The van der Waals surface area contributed by atoms with Crippen LogP contribution in [0.4, 0.5) is 0 Å². The minimum atomic E-state index is -0.728. The Kier molecular flexibility index (Phi) is 12.0. The Morgan fingerprint density at radius 3 is 2.54 bits per heavy atom. The molecule has 4 rings (SSSR count). The van der Waals surface area contributed by atoms with Gasteiger partial charge in [0.25, 0.3) is 5.91 Å². The lowest BCUT2D eigenvalue weighted by Crippen LogP contribution is -2.36. The van der Waals surface area contributed by atoms with Gasteiger partial charge in [0.1, 0.15) is 18.1 Å². The minimum Gasteiger partial charge on any atom is -0.508 e. The lowest BCUT2D eigenvalue weighted by atomic mass is 9.95. The third kappa shape index (κ3) is 9.86. The normalized spacial score (nSPS) is 14.5. The number of hydrogen-bond acceptors (Lipinski definition) is 7. The summed E-state index contributed by atoms with van der Waals surface area (Å²) in [6.45, 7) is 2.07. The quantitative estimate of drug-likeness (QED) is 0.174. The molecule has 1 fully saturated rings. The van der Waals surface area contributed by atoms with Crippen molar-refractivity contribution in [1.29, 1.82) is 0 Å². The molecule has 5 N–H and O–H groups in total. The molecule has 41 heavy (non-hydrogen) atoms. The van der Waals surface area contributed by atoms with Crippen molar-refractivity contribution >= 4 is 5.91 Å². The van der Waals surface area contributed by atoms with Gasteiger partial charge in [-0.05, 0) is 78.9 Å². The van der Waals surface area contributed by atoms with Crippen molar-refractivity contribution < 1.29 is 29.6 Å². The van der Waals surface area contributed by atoms with Crippen LogP contribution >= 0.6 is 0 Å². The van der Waals surface area contributed by atoms with Crippen LogP contribution in [0.2, 0.25) is 0 Å². The summed E-state index contributed by atoms with van der Waals surface area (Å²) in [6.07, 6.45) is 5.84. The predicted molar refractivity (Wildman–Crippen MR) is 158 cm³/mol. The molecule has 8 heteroatoms. The first-order valence-electron chi connectivity index (χ1n) is 14.5. The molecule has 0 radical (unpaired) electrons. The molecule has 0 saturated heterocycles. The fourth-order valence-electron chi connectivity index (χ4n) is 5.01. The molecule has 8 nitrogen and oxygen atoms in total. The summed E-state index contributed by atoms with van der Waals surface area (Å²) in [4.78, 5) is 12.6. The molecule has 0 bridgehead atoms. The molecule has 0 spiro atoms. The highest BCUT2D eigenvalue weighted by Crippen LogP contribution is 2.22. The van der Waals surface area contributed by atoms with Crippen LogP contribution in [-0.4, -0.2) is 53.6 Å². The summed E-state index contributed by atoms with van der Waals surface area (Å²) >= 11 is 0. The second-order valence-corrected chi connectivity index (χ2v) is 10.6. The summed E-state index contributed by atoms with van der Waals surface area (Å²) in [7, 11) is 0. The van der Waals surface area contributed by atoms with E-state index in [1.165, 1.54) is 25.3 Å². The summed E-state index contributed by atoms with van der Waals surface area (Å²) < 4.78 is 11.6. The number of amides is 1. The largest absolute Gasteiger partial charge is 0.508 e. The number of aromatic hydroxyl groups is 1. The molecule has 1 saturated carbocycles. The monoisotopic (exact) mass is 562 g/mol. The lowest BCUT2D eigenvalue weighted by Gasteiger charge is -2.22. The van der Waals surface area contributed by atoms with Crippen molar-refractivity contribution in [2.45, 2.75) is 63.9 Å². The predicted octanol–water partition coefficient (Wildman–Crippen LogP) is 4.41. The molecule has 1 aliphatic carbocycles. The van der Waals surface area contributed by atoms with Gasteiger partial charge in [0, 0.05) is 23.7 Å². The molecule has 1 unspecified atom stereocenters. The molecular weight excluding hydrogens is 520 g/mol. The number of aliphatic hydroxyl groups excluding tert-OH is 2. The standard InChI is InChI=1S/C33H42N2O6/c36-22-28-20-26(11-14-31(28)37)32(38)21-34-16-15-24-9-12-30(13-10-24)41-18-17-40-23-25-5-4-6-27(19-25)33(39)35-29-7-2-1-3-8-29/h4-6,9-14,19-20,29,32,34,36-38H,1-3,7-8,15-18,21-23H2,(H,35,39). The van der Waals surface area contributed by atoms with Crippen LogP contribution in [0, 0.1) is 0 Å². The maximum Gasteiger partial charge on any atom is 0.251 e. The van der Waals surface area contributed by atoms with Gasteiger partial charge in [0.2, 0.25) is 0 Å². The Morgan fingerprint density at radius 1 is 0.951 bits per heavy atom. The molecule has 1 aliphatic rings. The van der Waals surface area contributed by atoms with Crippen molar-refractivity contribution in [3.63, 3.8) is 0 Å². The van der Waals surface area contributed by atoms with E-state index in [-0.39, 0.29) is 24.3 Å². The van der Waals surface area contributed by atoms with Gasteiger partial charge in [-0.2, -0.15) is 0 Å². The second kappa shape index (κ2) is 16.1. The van der Waals surface area contributed by atoms with Crippen molar-refractivity contribution in [3.8, 4) is 11.5 Å². The zero-order chi connectivity index (χ0) is 28.9. The minimum absolute atomic E-state index is 0.00896. The van der Waals surface area contributed by atoms with E-state index in [4.69, 9.17) is 9.47 Å². The first-order chi connectivity index (χ1) is 20.0. The van der Waals surface area contributed by atoms with Gasteiger partial charge in [0.15, 0.2) is 0 Å². The van der Waals surface area contributed by atoms with Crippen LogP contribution in [0.15, 0.2) is 66.7 Å². The number of ether oxygens (including phenoxy) is 2. The Balaban J connectivity index is 1.09. The Hall–Kier alpha value is -3.43. The molecular formula is C33H42N2O6. The molecule has 0 aromatic heterocycles. The van der Waals surface area contributed by atoms with Crippen LogP contribution < -0.4 is 15.4 Å². The number of benzene rings is 3. The highest BCUT2D eigenvalue weighted by molar-refractivity contribution is 5.94. The van der Waals surface area contributed by atoms with Gasteiger partial charge in [-0.15, -0.1) is 0 Å². The third-order valence-corrected chi connectivity index (χ3v) is 7.40. The van der Waals surface area contributed by atoms with Crippen molar-refractivity contribution in [1.82, 2.24) is 10.6 Å². The summed E-state index contributed by atoms with van der Waals surface area (Å²) in [6, 6.07) is 20.6. The average molecular weight is 563 g/mol. The van der Waals surface area contributed by atoms with E-state index in [1.807, 2.05) is 48.5 Å². The molecule has 1 amide bonds. The summed E-state index contributed by atoms with van der Waals surface area (Å²) in [5.74, 6) is 0.785. The smallest absolute Gasteiger partial charge is 0.251 e. The van der Waals surface area contributed by atoms with E-state index in [0.29, 0.717) is 49.6 Å². The van der Waals surface area contributed by atoms with Gasteiger partial charge in [-0.25, -0.2) is 0 Å². The number of carbonyl (C=O) groups is 1. The van der Waals surface area contributed by atoms with E-state index in [2.05, 4.69) is 10.6 Å². The number of nitrogens with one attached hydrogen (secondary N) is 2. The molecule has 0 heterocycles. The van der Waals surface area contributed by atoms with Gasteiger partial charge >= 0.3 is 0 Å². The summed E-state index contributed by atoms with van der Waals surface area (Å²) in [5, 5.41) is 35.7. The van der Waals surface area contributed by atoms with Crippen LogP contribution in [0.1, 0.15) is 70.8 Å². The van der Waals surface area contributed by atoms with Crippen LogP contribution in [0.3, 0.4) is 0 Å². The van der Waals surface area contributed by atoms with Crippen molar-refractivity contribution in [2.75, 3.05) is 26.3 Å². The number of hydrogen-bond donors (Lipinski definition) is 5. The van der Waals surface area contributed by atoms with E-state index in [0.717, 1.165) is 36.1 Å². The van der Waals surface area contributed by atoms with E-state index < -0.39 is 6.10 Å². The van der Waals surface area contributed by atoms with Crippen LogP contribution in [0.25, 0.3) is 0 Å². The summed E-state index contributed by atoms with van der Waals surface area (Å²) in [5.41, 5.74) is 3.83. The number of phenols is 1. The Morgan fingerprint density at radius 2 is 1.76 bits per heavy atom. The zero-order valence-corrected chi connectivity index (χ0v) is 23.6. The third-order valence-electron chi connectivity index (χ3n) is 7.40. The average Bonchev–Trinajstić information content (AvgIpc) is 3.00. The van der Waals surface area contributed by atoms with Crippen LogP contribution in [-0.2, 0) is 24.4 Å².